The van der Waals surface area contributed by atoms with E-state index in [1.807, 2.05) is 7.85 Å². The predicted octanol–water partition coefficient (Wildman–Crippen LogP) is -0.546. The van der Waals surface area contributed by atoms with Crippen molar-refractivity contribution >= 4 is 13.3 Å². The molecule has 0 amide bonds. The van der Waals surface area contributed by atoms with Crippen LogP contribution in [-0.2, 0) is 6.61 Å². The fourth-order valence-corrected chi connectivity index (χ4v) is 1.23. The Morgan fingerprint density at radius 3 is 2.00 bits per heavy atom. The van der Waals surface area contributed by atoms with Gasteiger partial charge in [0.25, 0.3) is 0 Å². The van der Waals surface area contributed by atoms with Crippen molar-refractivity contribution in [2.75, 3.05) is 14.2 Å². The number of hydrogen-bond donors (Lipinski definition) is 1. The number of benzene rings is 1. The molecule has 0 atom stereocenters. The van der Waals surface area contributed by atoms with Crippen molar-refractivity contribution in [2.45, 2.75) is 6.61 Å². The van der Waals surface area contributed by atoms with Gasteiger partial charge < -0.3 is 14.6 Å². The van der Waals surface area contributed by atoms with E-state index in [4.69, 9.17) is 14.6 Å². The second-order valence-electron chi connectivity index (χ2n) is 2.78. The molecular weight excluding hydrogens is 167 g/mol. The number of hydrogen-bond acceptors (Lipinski definition) is 3. The Bertz CT molecular complexity index is 274. The Labute approximate surface area is 78.7 Å². The molecule has 70 valence electrons. The SMILES string of the molecule is Bc1c(OC)cc(CO)cc1OC. The molecular formula is C9H13BO3. The second-order valence-corrected chi connectivity index (χ2v) is 2.78. The van der Waals surface area contributed by atoms with Crippen LogP contribution in [0.25, 0.3) is 0 Å². The Morgan fingerprint density at radius 2 is 1.69 bits per heavy atom. The predicted molar refractivity (Wildman–Crippen MR) is 53.6 cm³/mol. The molecule has 13 heavy (non-hydrogen) atoms. The lowest BCUT2D eigenvalue weighted by Crippen LogP contribution is -2.11. The lowest BCUT2D eigenvalue weighted by atomic mass is 9.92. The molecule has 0 aliphatic rings. The molecule has 0 bridgehead atoms. The lowest BCUT2D eigenvalue weighted by Gasteiger charge is -2.11. The molecule has 0 unspecified atom stereocenters. The van der Waals surface area contributed by atoms with Crippen molar-refractivity contribution in [1.29, 1.82) is 0 Å². The van der Waals surface area contributed by atoms with Crippen LogP contribution in [0, 0.1) is 0 Å². The van der Waals surface area contributed by atoms with Gasteiger partial charge in [0.1, 0.15) is 19.3 Å². The summed E-state index contributed by atoms with van der Waals surface area (Å²) in [6.45, 7) is -0.00694. The van der Waals surface area contributed by atoms with E-state index in [-0.39, 0.29) is 6.61 Å². The van der Waals surface area contributed by atoms with Crippen LogP contribution in [0.2, 0.25) is 0 Å². The molecule has 1 aromatic rings. The van der Waals surface area contributed by atoms with Gasteiger partial charge in [0, 0.05) is 0 Å². The summed E-state index contributed by atoms with van der Waals surface area (Å²) in [5.41, 5.74) is 1.74. The Hall–Kier alpha value is -1.16. The summed E-state index contributed by atoms with van der Waals surface area (Å²) in [7, 11) is 5.12. The van der Waals surface area contributed by atoms with Gasteiger partial charge in [-0.3, -0.25) is 0 Å². The standard InChI is InChI=1S/C9H13BO3/c1-12-7-3-6(5-11)4-8(13-2)9(7)10/h3-4,11H,5,10H2,1-2H3. The summed E-state index contributed by atoms with van der Waals surface area (Å²) >= 11 is 0. The highest BCUT2D eigenvalue weighted by atomic mass is 16.5. The minimum Gasteiger partial charge on any atom is -0.497 e. The maximum Gasteiger partial charge on any atom is 0.149 e. The van der Waals surface area contributed by atoms with Crippen LogP contribution >= 0.6 is 0 Å². The van der Waals surface area contributed by atoms with Crippen LogP contribution in [0.1, 0.15) is 5.56 Å². The number of methoxy groups -OCH3 is 2. The van der Waals surface area contributed by atoms with Gasteiger partial charge >= 0.3 is 0 Å². The van der Waals surface area contributed by atoms with Crippen molar-refractivity contribution in [3.63, 3.8) is 0 Å². The molecule has 0 saturated heterocycles. The first-order chi connectivity index (χ1) is 6.22. The Kier molecular flexibility index (Phi) is 3.20. The Morgan fingerprint density at radius 1 is 1.23 bits per heavy atom. The largest absolute Gasteiger partial charge is 0.497 e. The molecule has 0 fully saturated rings. The minimum absolute atomic E-state index is 0.00694. The van der Waals surface area contributed by atoms with E-state index in [9.17, 15) is 0 Å². The van der Waals surface area contributed by atoms with E-state index in [1.54, 1.807) is 26.4 Å². The first-order valence-corrected chi connectivity index (χ1v) is 4.05. The van der Waals surface area contributed by atoms with E-state index in [0.717, 1.165) is 22.5 Å². The molecule has 0 saturated carbocycles. The fraction of sp³-hybridized carbons (Fsp3) is 0.333. The van der Waals surface area contributed by atoms with Crippen molar-refractivity contribution in [3.8, 4) is 11.5 Å². The molecule has 0 aromatic heterocycles. The van der Waals surface area contributed by atoms with Crippen LogP contribution in [0.5, 0.6) is 11.5 Å². The quantitative estimate of drug-likeness (QED) is 0.634. The molecule has 3 nitrogen and oxygen atoms in total. The summed E-state index contributed by atoms with van der Waals surface area (Å²) in [5.74, 6) is 1.48. The van der Waals surface area contributed by atoms with Gasteiger partial charge in [-0.25, -0.2) is 0 Å². The number of rotatable bonds is 3. The maximum atomic E-state index is 8.96. The van der Waals surface area contributed by atoms with Crippen LogP contribution in [-0.4, -0.2) is 27.2 Å². The first-order valence-electron chi connectivity index (χ1n) is 4.05. The lowest BCUT2D eigenvalue weighted by molar-refractivity contribution is 0.280. The summed E-state index contributed by atoms with van der Waals surface area (Å²) in [6, 6.07) is 3.61. The van der Waals surface area contributed by atoms with Gasteiger partial charge in [-0.1, -0.05) is 0 Å². The molecule has 0 spiro atoms. The molecule has 0 aliphatic carbocycles. The average Bonchev–Trinajstić information content (AvgIpc) is 2.18. The van der Waals surface area contributed by atoms with Gasteiger partial charge in [-0.2, -0.15) is 0 Å². The zero-order valence-corrected chi connectivity index (χ0v) is 8.13. The molecule has 1 rings (SSSR count). The van der Waals surface area contributed by atoms with Gasteiger partial charge in [-0.05, 0) is 23.2 Å². The van der Waals surface area contributed by atoms with Crippen LogP contribution in [0.15, 0.2) is 12.1 Å². The highest BCUT2D eigenvalue weighted by molar-refractivity contribution is 6.36. The van der Waals surface area contributed by atoms with E-state index < -0.39 is 0 Å². The van der Waals surface area contributed by atoms with Gasteiger partial charge in [0.2, 0.25) is 0 Å². The van der Waals surface area contributed by atoms with Crippen LogP contribution in [0.4, 0.5) is 0 Å². The van der Waals surface area contributed by atoms with Crippen LogP contribution in [0.3, 0.4) is 0 Å². The number of ether oxygens (including phenoxy) is 2. The zero-order valence-electron chi connectivity index (χ0n) is 8.13. The third kappa shape index (κ3) is 1.95. The summed E-state index contributed by atoms with van der Waals surface area (Å²) in [4.78, 5) is 0. The van der Waals surface area contributed by atoms with E-state index in [0.29, 0.717) is 0 Å². The molecule has 1 N–H and O–H groups in total. The van der Waals surface area contributed by atoms with Gasteiger partial charge in [-0.15, -0.1) is 0 Å². The highest BCUT2D eigenvalue weighted by Crippen LogP contribution is 2.18. The second kappa shape index (κ2) is 4.19. The van der Waals surface area contributed by atoms with Gasteiger partial charge in [0.05, 0.1) is 20.8 Å². The maximum absolute atomic E-state index is 8.96. The Balaban J connectivity index is 3.20. The molecule has 0 aliphatic heterocycles. The average molecular weight is 180 g/mol. The van der Waals surface area contributed by atoms with E-state index >= 15 is 0 Å². The normalized spacial score (nSPS) is 9.77. The molecule has 0 radical (unpaired) electrons. The molecule has 0 heterocycles. The monoisotopic (exact) mass is 180 g/mol. The summed E-state index contributed by atoms with van der Waals surface area (Å²) in [5, 5.41) is 8.96. The van der Waals surface area contributed by atoms with Crippen LogP contribution < -0.4 is 14.9 Å². The van der Waals surface area contributed by atoms with Crippen molar-refractivity contribution in [2.24, 2.45) is 0 Å². The fourth-order valence-electron chi connectivity index (χ4n) is 1.23. The third-order valence-corrected chi connectivity index (χ3v) is 1.99. The summed E-state index contributed by atoms with van der Waals surface area (Å²) < 4.78 is 10.3. The molecule has 1 aromatic carbocycles. The van der Waals surface area contributed by atoms with E-state index in [1.165, 1.54) is 0 Å². The number of aliphatic hydroxyl groups is 1. The first kappa shape index (κ1) is 9.93. The minimum atomic E-state index is -0.00694. The van der Waals surface area contributed by atoms with Gasteiger partial charge in [0.15, 0.2) is 0 Å². The van der Waals surface area contributed by atoms with Crippen molar-refractivity contribution in [3.05, 3.63) is 17.7 Å². The van der Waals surface area contributed by atoms with Crippen molar-refractivity contribution < 1.29 is 14.6 Å². The van der Waals surface area contributed by atoms with E-state index in [2.05, 4.69) is 0 Å². The zero-order chi connectivity index (χ0) is 9.84. The highest BCUT2D eigenvalue weighted by Gasteiger charge is 2.06. The number of aliphatic hydroxyl groups excluding tert-OH is 1. The summed E-state index contributed by atoms with van der Waals surface area (Å²) in [6.07, 6.45) is 0. The third-order valence-electron chi connectivity index (χ3n) is 1.99. The van der Waals surface area contributed by atoms with Crippen molar-refractivity contribution in [1.82, 2.24) is 0 Å². The molecule has 4 heteroatoms. The topological polar surface area (TPSA) is 38.7 Å². The smallest absolute Gasteiger partial charge is 0.149 e.